The van der Waals surface area contributed by atoms with E-state index in [-0.39, 0.29) is 39.2 Å². The fourth-order valence-electron chi connectivity index (χ4n) is 4.34. The molecule has 1 saturated carbocycles. The molecule has 1 N–H and O–H groups in total. The Bertz CT molecular complexity index is 1230. The van der Waals surface area contributed by atoms with Crippen LogP contribution in [0.5, 0.6) is 0 Å². The van der Waals surface area contributed by atoms with Crippen molar-refractivity contribution in [3.05, 3.63) is 62.6 Å². The number of sulfonamides is 1. The fraction of sp³-hybridized carbons (Fsp3) is 0.462. The zero-order valence-corrected chi connectivity index (χ0v) is 24.2. The van der Waals surface area contributed by atoms with E-state index in [1.165, 1.54) is 17.0 Å². The van der Waals surface area contributed by atoms with Crippen LogP contribution in [0, 0.1) is 6.92 Å². The second kappa shape index (κ2) is 12.7. The molecule has 1 unspecified atom stereocenters. The topological polar surface area (TPSA) is 86.8 Å². The Morgan fingerprint density at radius 3 is 2.19 bits per heavy atom. The minimum atomic E-state index is -3.95. The first-order valence-electron chi connectivity index (χ1n) is 12.1. The minimum Gasteiger partial charge on any atom is -0.352 e. The second-order valence-electron chi connectivity index (χ2n) is 9.51. The van der Waals surface area contributed by atoms with Crippen LogP contribution in [0.4, 0.5) is 5.69 Å². The quantitative estimate of drug-likeness (QED) is 0.387. The number of halogens is 3. The van der Waals surface area contributed by atoms with E-state index in [9.17, 15) is 18.0 Å². The van der Waals surface area contributed by atoms with Crippen LogP contribution in [0.25, 0.3) is 0 Å². The number of rotatable bonds is 9. The third kappa shape index (κ3) is 7.99. The zero-order valence-electron chi connectivity index (χ0n) is 21.1. The van der Waals surface area contributed by atoms with Gasteiger partial charge in [-0.25, -0.2) is 8.42 Å². The standard InChI is InChI=1S/C26H32Cl3N3O4S/c1-17-9-11-19(12-10-17)15-31(18(2)26(34)30-20-7-5-4-6-8-20)25(33)16-32(37(3,35)36)24-14-22(28)21(27)13-23(24)29/h9-14,18,20H,4-8,15-16H2,1-3H3,(H,30,34). The molecule has 0 heterocycles. The van der Waals surface area contributed by atoms with Crippen LogP contribution in [0.1, 0.15) is 50.2 Å². The summed E-state index contributed by atoms with van der Waals surface area (Å²) in [6, 6.07) is 9.48. The molecule has 37 heavy (non-hydrogen) atoms. The Balaban J connectivity index is 1.91. The first kappa shape index (κ1) is 29.6. The van der Waals surface area contributed by atoms with Gasteiger partial charge in [-0.3, -0.25) is 13.9 Å². The summed E-state index contributed by atoms with van der Waals surface area (Å²) in [7, 11) is -3.95. The van der Waals surface area contributed by atoms with Gasteiger partial charge in [0.1, 0.15) is 12.6 Å². The molecule has 202 valence electrons. The fourth-order valence-corrected chi connectivity index (χ4v) is 5.89. The summed E-state index contributed by atoms with van der Waals surface area (Å²) in [5.41, 5.74) is 1.90. The van der Waals surface area contributed by atoms with Gasteiger partial charge in [-0.2, -0.15) is 0 Å². The van der Waals surface area contributed by atoms with E-state index in [1.54, 1.807) is 6.92 Å². The van der Waals surface area contributed by atoms with Crippen LogP contribution in [-0.4, -0.2) is 50.0 Å². The van der Waals surface area contributed by atoms with Crippen LogP contribution >= 0.6 is 34.8 Å². The lowest BCUT2D eigenvalue weighted by Crippen LogP contribution is -2.53. The molecule has 11 heteroatoms. The second-order valence-corrected chi connectivity index (χ2v) is 12.6. The third-order valence-electron chi connectivity index (χ3n) is 6.53. The molecule has 0 spiro atoms. The summed E-state index contributed by atoms with van der Waals surface area (Å²) in [4.78, 5) is 28.3. The molecule has 2 aromatic rings. The van der Waals surface area contributed by atoms with Crippen molar-refractivity contribution in [2.45, 2.75) is 64.6 Å². The Kier molecular flexibility index (Phi) is 10.1. The van der Waals surface area contributed by atoms with Gasteiger partial charge < -0.3 is 10.2 Å². The third-order valence-corrected chi connectivity index (χ3v) is 8.68. The monoisotopic (exact) mass is 587 g/mol. The van der Waals surface area contributed by atoms with Gasteiger partial charge in [0.05, 0.1) is 27.0 Å². The van der Waals surface area contributed by atoms with E-state index < -0.39 is 28.5 Å². The van der Waals surface area contributed by atoms with Gasteiger partial charge in [0.15, 0.2) is 0 Å². The molecule has 3 rings (SSSR count). The highest BCUT2D eigenvalue weighted by atomic mass is 35.5. The van der Waals surface area contributed by atoms with Gasteiger partial charge in [-0.15, -0.1) is 0 Å². The van der Waals surface area contributed by atoms with E-state index in [2.05, 4.69) is 5.32 Å². The maximum Gasteiger partial charge on any atom is 0.244 e. The first-order chi connectivity index (χ1) is 17.4. The number of nitrogens with zero attached hydrogens (tertiary/aromatic N) is 2. The van der Waals surface area contributed by atoms with Gasteiger partial charge >= 0.3 is 0 Å². The van der Waals surface area contributed by atoms with Gasteiger partial charge in [-0.1, -0.05) is 83.9 Å². The molecular formula is C26H32Cl3N3O4S. The Hall–Kier alpha value is -2.00. The van der Waals surface area contributed by atoms with Crippen molar-refractivity contribution < 1.29 is 18.0 Å². The maximum atomic E-state index is 13.7. The SMILES string of the molecule is Cc1ccc(CN(C(=O)CN(c2cc(Cl)c(Cl)cc2Cl)S(C)(=O)=O)C(C)C(=O)NC2CCCCC2)cc1. The molecule has 0 aromatic heterocycles. The van der Waals surface area contributed by atoms with Crippen LogP contribution in [0.2, 0.25) is 15.1 Å². The molecule has 0 radical (unpaired) electrons. The number of amides is 2. The molecule has 0 aliphatic heterocycles. The van der Waals surface area contributed by atoms with Crippen molar-refractivity contribution in [2.75, 3.05) is 17.1 Å². The summed E-state index contributed by atoms with van der Waals surface area (Å²) in [5.74, 6) is -0.828. The summed E-state index contributed by atoms with van der Waals surface area (Å²) >= 11 is 18.4. The number of anilines is 1. The Morgan fingerprint density at radius 2 is 1.59 bits per heavy atom. The number of hydrogen-bond donors (Lipinski definition) is 1. The molecule has 1 aliphatic carbocycles. The largest absolute Gasteiger partial charge is 0.352 e. The highest BCUT2D eigenvalue weighted by molar-refractivity contribution is 7.92. The molecule has 0 saturated heterocycles. The van der Waals surface area contributed by atoms with Gasteiger partial charge in [0.2, 0.25) is 21.8 Å². The molecule has 1 atom stereocenters. The van der Waals surface area contributed by atoms with Crippen LogP contribution in [-0.2, 0) is 26.2 Å². The molecular weight excluding hydrogens is 557 g/mol. The Morgan fingerprint density at radius 1 is 1.00 bits per heavy atom. The number of nitrogens with one attached hydrogen (secondary N) is 1. The maximum absolute atomic E-state index is 13.7. The van der Waals surface area contributed by atoms with Crippen LogP contribution in [0.3, 0.4) is 0 Å². The normalized spacial score (nSPS) is 15.2. The van der Waals surface area contributed by atoms with E-state index in [0.29, 0.717) is 0 Å². The summed E-state index contributed by atoms with van der Waals surface area (Å²) in [6.45, 7) is 3.17. The van der Waals surface area contributed by atoms with Gasteiger partial charge in [0.25, 0.3) is 0 Å². The average Bonchev–Trinajstić information content (AvgIpc) is 2.84. The average molecular weight is 589 g/mol. The smallest absolute Gasteiger partial charge is 0.244 e. The molecule has 0 bridgehead atoms. The zero-order chi connectivity index (χ0) is 27.3. The Labute approximate surface area is 234 Å². The predicted octanol–water partition coefficient (Wildman–Crippen LogP) is 5.59. The summed E-state index contributed by atoms with van der Waals surface area (Å²) < 4.78 is 26.4. The van der Waals surface area contributed by atoms with Crippen molar-refractivity contribution in [1.29, 1.82) is 0 Å². The minimum absolute atomic E-state index is 0.0285. The highest BCUT2D eigenvalue weighted by Crippen LogP contribution is 2.35. The number of hydrogen-bond acceptors (Lipinski definition) is 4. The lowest BCUT2D eigenvalue weighted by molar-refractivity contribution is -0.139. The summed E-state index contributed by atoms with van der Waals surface area (Å²) in [6.07, 6.45) is 6.05. The van der Waals surface area contributed by atoms with Gasteiger partial charge in [-0.05, 0) is 44.4 Å². The van der Waals surface area contributed by atoms with Crippen molar-refractivity contribution in [2.24, 2.45) is 0 Å². The number of carbonyl (C=O) groups is 2. The molecule has 1 fully saturated rings. The molecule has 2 amide bonds. The van der Waals surface area contributed by atoms with E-state index in [1.807, 2.05) is 31.2 Å². The van der Waals surface area contributed by atoms with Crippen molar-refractivity contribution >= 4 is 62.3 Å². The van der Waals surface area contributed by atoms with Crippen molar-refractivity contribution in [3.63, 3.8) is 0 Å². The number of benzene rings is 2. The van der Waals surface area contributed by atoms with Gasteiger partial charge in [0, 0.05) is 12.6 Å². The van der Waals surface area contributed by atoms with Crippen LogP contribution in [0.15, 0.2) is 36.4 Å². The number of aryl methyl sites for hydroxylation is 1. The van der Waals surface area contributed by atoms with Crippen molar-refractivity contribution in [3.8, 4) is 0 Å². The van der Waals surface area contributed by atoms with Crippen LogP contribution < -0.4 is 9.62 Å². The molecule has 2 aromatic carbocycles. The van der Waals surface area contributed by atoms with E-state index >= 15 is 0 Å². The van der Waals surface area contributed by atoms with E-state index in [0.717, 1.165) is 53.8 Å². The summed E-state index contributed by atoms with van der Waals surface area (Å²) in [5, 5.41) is 3.35. The lowest BCUT2D eigenvalue weighted by Gasteiger charge is -2.33. The van der Waals surface area contributed by atoms with Crippen molar-refractivity contribution in [1.82, 2.24) is 10.2 Å². The first-order valence-corrected chi connectivity index (χ1v) is 15.1. The highest BCUT2D eigenvalue weighted by Gasteiger charge is 2.32. The lowest BCUT2D eigenvalue weighted by atomic mass is 9.95. The molecule has 1 aliphatic rings. The number of carbonyl (C=O) groups excluding carboxylic acids is 2. The van der Waals surface area contributed by atoms with E-state index in [4.69, 9.17) is 34.8 Å². The molecule has 7 nitrogen and oxygen atoms in total. The predicted molar refractivity (Wildman–Crippen MR) is 150 cm³/mol.